The van der Waals surface area contributed by atoms with Crippen LogP contribution in [0.25, 0.3) is 0 Å². The van der Waals surface area contributed by atoms with Crippen molar-refractivity contribution in [1.82, 2.24) is 0 Å². The summed E-state index contributed by atoms with van der Waals surface area (Å²) in [5.74, 6) is 1.90. The molecule has 4 aromatic rings. The van der Waals surface area contributed by atoms with Gasteiger partial charge in [-0.05, 0) is 58.1 Å². The molecule has 0 aromatic heterocycles. The predicted octanol–water partition coefficient (Wildman–Crippen LogP) is 9.26. The van der Waals surface area contributed by atoms with E-state index in [4.69, 9.17) is 4.74 Å². The summed E-state index contributed by atoms with van der Waals surface area (Å²) in [6.07, 6.45) is 1.79. The van der Waals surface area contributed by atoms with Gasteiger partial charge in [0.2, 0.25) is 0 Å². The molecule has 0 saturated carbocycles. The third kappa shape index (κ3) is 6.03. The maximum atomic E-state index is 6.85. The molecule has 35 heavy (non-hydrogen) atoms. The van der Waals surface area contributed by atoms with Crippen LogP contribution in [-0.2, 0) is 23.7 Å². The highest BCUT2D eigenvalue weighted by Crippen LogP contribution is 2.42. The molecule has 4 aromatic carbocycles. The second-order valence-corrected chi connectivity index (χ2v) is 11.5. The van der Waals surface area contributed by atoms with Gasteiger partial charge in [0.1, 0.15) is 11.5 Å². The highest BCUT2D eigenvalue weighted by atomic mass is 16.5. The van der Waals surface area contributed by atoms with E-state index in [1.165, 1.54) is 33.4 Å². The molecule has 4 rings (SSSR count). The molecule has 0 radical (unpaired) electrons. The Kier molecular flexibility index (Phi) is 7.17. The standard InChI is InChI=1S/C34H38O/c1-33(2,3)31-27(23-25-15-9-7-10-16-25)19-13-21-29(31)35-30-22-14-20-28(32(30)34(4,5)6)24-26-17-11-8-12-18-26/h7-22H,23-24H2,1-6H3. The van der Waals surface area contributed by atoms with Crippen molar-refractivity contribution >= 4 is 0 Å². The fraction of sp³-hybridized carbons (Fsp3) is 0.294. The second-order valence-electron chi connectivity index (χ2n) is 11.5. The van der Waals surface area contributed by atoms with Gasteiger partial charge >= 0.3 is 0 Å². The smallest absolute Gasteiger partial charge is 0.131 e. The lowest BCUT2D eigenvalue weighted by atomic mass is 9.80. The van der Waals surface area contributed by atoms with Crippen LogP contribution in [0.5, 0.6) is 11.5 Å². The van der Waals surface area contributed by atoms with Gasteiger partial charge in [-0.15, -0.1) is 0 Å². The first-order valence-corrected chi connectivity index (χ1v) is 12.6. The third-order valence-corrected chi connectivity index (χ3v) is 6.42. The van der Waals surface area contributed by atoms with E-state index in [2.05, 4.69) is 139 Å². The van der Waals surface area contributed by atoms with Gasteiger partial charge in [-0.2, -0.15) is 0 Å². The molecule has 0 heterocycles. The summed E-state index contributed by atoms with van der Waals surface area (Å²) >= 11 is 0. The quantitative estimate of drug-likeness (QED) is 0.277. The Labute approximate surface area is 211 Å². The third-order valence-electron chi connectivity index (χ3n) is 6.42. The molecule has 0 spiro atoms. The molecule has 0 amide bonds. The molecule has 0 aliphatic rings. The van der Waals surface area contributed by atoms with Crippen molar-refractivity contribution in [3.63, 3.8) is 0 Å². The van der Waals surface area contributed by atoms with Crippen LogP contribution in [0.2, 0.25) is 0 Å². The minimum Gasteiger partial charge on any atom is -0.457 e. The highest BCUT2D eigenvalue weighted by molar-refractivity contribution is 5.52. The van der Waals surface area contributed by atoms with Gasteiger partial charge in [-0.1, -0.05) is 126 Å². The van der Waals surface area contributed by atoms with Crippen LogP contribution >= 0.6 is 0 Å². The molecule has 0 fully saturated rings. The Hall–Kier alpha value is -3.32. The average molecular weight is 463 g/mol. The highest BCUT2D eigenvalue weighted by Gasteiger charge is 2.27. The fourth-order valence-corrected chi connectivity index (χ4v) is 5.07. The summed E-state index contributed by atoms with van der Waals surface area (Å²) in [4.78, 5) is 0. The molecular formula is C34H38O. The van der Waals surface area contributed by atoms with Gasteiger partial charge in [-0.25, -0.2) is 0 Å². The van der Waals surface area contributed by atoms with E-state index < -0.39 is 0 Å². The minimum absolute atomic E-state index is 0.0513. The zero-order valence-electron chi connectivity index (χ0n) is 22.1. The molecule has 0 saturated heterocycles. The van der Waals surface area contributed by atoms with Crippen LogP contribution in [0, 0.1) is 0 Å². The zero-order valence-corrected chi connectivity index (χ0v) is 22.1. The molecular weight excluding hydrogens is 424 g/mol. The van der Waals surface area contributed by atoms with E-state index in [0.29, 0.717) is 0 Å². The first-order valence-electron chi connectivity index (χ1n) is 12.6. The summed E-state index contributed by atoms with van der Waals surface area (Å²) in [6, 6.07) is 34.4. The Morgan fingerprint density at radius 1 is 0.457 bits per heavy atom. The molecule has 0 N–H and O–H groups in total. The van der Waals surface area contributed by atoms with Crippen LogP contribution in [0.3, 0.4) is 0 Å². The molecule has 0 aliphatic heterocycles. The lowest BCUT2D eigenvalue weighted by Crippen LogP contribution is -2.18. The molecule has 0 bridgehead atoms. The summed E-state index contributed by atoms with van der Waals surface area (Å²) in [6.45, 7) is 13.7. The fourth-order valence-electron chi connectivity index (χ4n) is 5.07. The SMILES string of the molecule is CC(C)(C)c1c(Cc2ccccc2)cccc1Oc1cccc(Cc2ccccc2)c1C(C)(C)C. The normalized spacial score (nSPS) is 11.9. The Morgan fingerprint density at radius 2 is 0.829 bits per heavy atom. The maximum absolute atomic E-state index is 6.85. The van der Waals surface area contributed by atoms with Crippen molar-refractivity contribution in [2.45, 2.75) is 65.2 Å². The van der Waals surface area contributed by atoms with E-state index in [9.17, 15) is 0 Å². The second kappa shape index (κ2) is 10.1. The molecule has 1 heteroatoms. The summed E-state index contributed by atoms with van der Waals surface area (Å²) in [5.41, 5.74) is 7.71. The van der Waals surface area contributed by atoms with E-state index in [0.717, 1.165) is 24.3 Å². The van der Waals surface area contributed by atoms with E-state index in [1.807, 2.05) is 0 Å². The van der Waals surface area contributed by atoms with Crippen LogP contribution in [0.15, 0.2) is 97.1 Å². The number of benzene rings is 4. The Balaban J connectivity index is 1.78. The first kappa shape index (κ1) is 24.8. The van der Waals surface area contributed by atoms with Gasteiger partial charge < -0.3 is 4.74 Å². The van der Waals surface area contributed by atoms with Crippen LogP contribution in [-0.4, -0.2) is 0 Å². The number of ether oxygens (including phenoxy) is 1. The van der Waals surface area contributed by atoms with Gasteiger partial charge in [0.25, 0.3) is 0 Å². The van der Waals surface area contributed by atoms with Crippen molar-refractivity contribution in [3.05, 3.63) is 130 Å². The van der Waals surface area contributed by atoms with E-state index in [-0.39, 0.29) is 10.8 Å². The lowest BCUT2D eigenvalue weighted by Gasteiger charge is -2.29. The van der Waals surface area contributed by atoms with Gasteiger partial charge in [0.15, 0.2) is 0 Å². The van der Waals surface area contributed by atoms with E-state index >= 15 is 0 Å². The summed E-state index contributed by atoms with van der Waals surface area (Å²) in [5, 5.41) is 0. The molecule has 180 valence electrons. The molecule has 0 atom stereocenters. The van der Waals surface area contributed by atoms with Gasteiger partial charge in [0, 0.05) is 11.1 Å². The van der Waals surface area contributed by atoms with Crippen LogP contribution < -0.4 is 4.74 Å². The lowest BCUT2D eigenvalue weighted by molar-refractivity contribution is 0.433. The van der Waals surface area contributed by atoms with Crippen molar-refractivity contribution in [2.75, 3.05) is 0 Å². The van der Waals surface area contributed by atoms with Crippen molar-refractivity contribution < 1.29 is 4.74 Å². The van der Waals surface area contributed by atoms with Crippen LogP contribution in [0.4, 0.5) is 0 Å². The van der Waals surface area contributed by atoms with Gasteiger partial charge in [-0.3, -0.25) is 0 Å². The maximum Gasteiger partial charge on any atom is 0.131 e. The first-order chi connectivity index (χ1) is 16.6. The summed E-state index contributed by atoms with van der Waals surface area (Å²) < 4.78 is 6.85. The summed E-state index contributed by atoms with van der Waals surface area (Å²) in [7, 11) is 0. The Bertz CT molecular complexity index is 1150. The van der Waals surface area contributed by atoms with E-state index in [1.54, 1.807) is 0 Å². The monoisotopic (exact) mass is 462 g/mol. The Morgan fingerprint density at radius 3 is 1.17 bits per heavy atom. The van der Waals surface area contributed by atoms with Gasteiger partial charge in [0.05, 0.1) is 0 Å². The number of rotatable bonds is 6. The van der Waals surface area contributed by atoms with Crippen molar-refractivity contribution in [3.8, 4) is 11.5 Å². The molecule has 0 aliphatic carbocycles. The average Bonchev–Trinajstić information content (AvgIpc) is 2.79. The molecule has 0 unspecified atom stereocenters. The minimum atomic E-state index is -0.0513. The van der Waals surface area contributed by atoms with Crippen LogP contribution in [0.1, 0.15) is 74.9 Å². The van der Waals surface area contributed by atoms with Crippen molar-refractivity contribution in [2.24, 2.45) is 0 Å². The number of hydrogen-bond acceptors (Lipinski definition) is 1. The topological polar surface area (TPSA) is 9.23 Å². The molecule has 1 nitrogen and oxygen atoms in total. The predicted molar refractivity (Wildman–Crippen MR) is 149 cm³/mol. The van der Waals surface area contributed by atoms with Crippen molar-refractivity contribution in [1.29, 1.82) is 0 Å². The largest absolute Gasteiger partial charge is 0.457 e. The zero-order chi connectivity index (χ0) is 25.1. The number of hydrogen-bond donors (Lipinski definition) is 0.